The number of carbonyl (C=O) groups excluding carboxylic acids is 1. The van der Waals surface area contributed by atoms with Crippen molar-refractivity contribution in [3.8, 4) is 5.75 Å². The number of morpholine rings is 1. The minimum Gasteiger partial charge on any atom is -0.493 e. The zero-order valence-electron chi connectivity index (χ0n) is 14.3. The molecule has 1 aromatic rings. The molecule has 6 nitrogen and oxygen atoms in total. The van der Waals surface area contributed by atoms with Gasteiger partial charge in [-0.15, -0.1) is 12.4 Å². The van der Waals surface area contributed by atoms with E-state index in [2.05, 4.69) is 10.6 Å². The van der Waals surface area contributed by atoms with E-state index in [1.807, 2.05) is 25.1 Å². The third-order valence-corrected chi connectivity index (χ3v) is 3.66. The quantitative estimate of drug-likeness (QED) is 0.688. The summed E-state index contributed by atoms with van der Waals surface area (Å²) in [4.78, 5) is 12.1. The third-order valence-electron chi connectivity index (χ3n) is 3.66. The molecule has 1 aromatic carbocycles. The Hall–Kier alpha value is -1.34. The number of ether oxygens (including phenoxy) is 3. The fourth-order valence-corrected chi connectivity index (χ4v) is 2.37. The normalized spacial score (nSPS) is 17.0. The monoisotopic (exact) mass is 358 g/mol. The smallest absolute Gasteiger partial charge is 0.239 e. The summed E-state index contributed by atoms with van der Waals surface area (Å²) >= 11 is 0. The van der Waals surface area contributed by atoms with E-state index < -0.39 is 0 Å². The SMILES string of the molecule is COCCCOc1cc(C)ccc1CNC(=O)C1COCCN1.Cl. The van der Waals surface area contributed by atoms with Crippen molar-refractivity contribution in [2.24, 2.45) is 0 Å². The fraction of sp³-hybridized carbons (Fsp3) is 0.588. The van der Waals surface area contributed by atoms with Crippen molar-refractivity contribution in [2.75, 3.05) is 40.1 Å². The van der Waals surface area contributed by atoms with Gasteiger partial charge in [0.15, 0.2) is 0 Å². The summed E-state index contributed by atoms with van der Waals surface area (Å²) in [5, 5.41) is 6.09. The average Bonchev–Trinajstić information content (AvgIpc) is 2.58. The lowest BCUT2D eigenvalue weighted by Crippen LogP contribution is -2.51. The first-order valence-electron chi connectivity index (χ1n) is 8.01. The zero-order chi connectivity index (χ0) is 16.5. The van der Waals surface area contributed by atoms with Crippen LogP contribution in [0, 0.1) is 6.92 Å². The van der Waals surface area contributed by atoms with E-state index in [1.54, 1.807) is 7.11 Å². The molecule has 7 heteroatoms. The Bertz CT molecular complexity index is 507. The van der Waals surface area contributed by atoms with E-state index in [9.17, 15) is 4.79 Å². The fourth-order valence-electron chi connectivity index (χ4n) is 2.37. The second-order valence-electron chi connectivity index (χ2n) is 5.61. The van der Waals surface area contributed by atoms with Crippen LogP contribution < -0.4 is 15.4 Å². The summed E-state index contributed by atoms with van der Waals surface area (Å²) in [5.41, 5.74) is 2.10. The molecule has 1 heterocycles. The van der Waals surface area contributed by atoms with Gasteiger partial charge in [-0.2, -0.15) is 0 Å². The van der Waals surface area contributed by atoms with Gasteiger partial charge in [0.25, 0.3) is 0 Å². The van der Waals surface area contributed by atoms with Crippen molar-refractivity contribution in [1.82, 2.24) is 10.6 Å². The van der Waals surface area contributed by atoms with Crippen LogP contribution in [-0.4, -0.2) is 52.0 Å². The molecular weight excluding hydrogens is 332 g/mol. The van der Waals surface area contributed by atoms with E-state index in [0.717, 1.165) is 23.3 Å². The molecule has 0 radical (unpaired) electrons. The largest absolute Gasteiger partial charge is 0.493 e. The maximum atomic E-state index is 12.1. The van der Waals surface area contributed by atoms with Gasteiger partial charge >= 0.3 is 0 Å². The van der Waals surface area contributed by atoms with Crippen LogP contribution in [0.3, 0.4) is 0 Å². The summed E-state index contributed by atoms with van der Waals surface area (Å²) in [6.07, 6.45) is 0.833. The number of aryl methyl sites for hydroxylation is 1. The van der Waals surface area contributed by atoms with Gasteiger partial charge in [-0.3, -0.25) is 4.79 Å². The zero-order valence-corrected chi connectivity index (χ0v) is 15.1. The van der Waals surface area contributed by atoms with Crippen molar-refractivity contribution in [3.63, 3.8) is 0 Å². The molecule has 1 fully saturated rings. The summed E-state index contributed by atoms with van der Waals surface area (Å²) in [6.45, 7) is 5.50. The van der Waals surface area contributed by atoms with Crippen LogP contribution in [0.2, 0.25) is 0 Å². The third kappa shape index (κ3) is 6.65. The Kier molecular flexibility index (Phi) is 9.71. The van der Waals surface area contributed by atoms with Crippen LogP contribution in [0.5, 0.6) is 5.75 Å². The Morgan fingerprint density at radius 2 is 2.25 bits per heavy atom. The first kappa shape index (κ1) is 20.7. The first-order chi connectivity index (χ1) is 11.2. The summed E-state index contributed by atoms with van der Waals surface area (Å²) < 4.78 is 16.2. The average molecular weight is 359 g/mol. The van der Waals surface area contributed by atoms with Crippen molar-refractivity contribution >= 4 is 18.3 Å². The number of benzene rings is 1. The molecule has 0 aromatic heterocycles. The van der Waals surface area contributed by atoms with Gasteiger partial charge < -0.3 is 24.8 Å². The predicted molar refractivity (Wildman–Crippen MR) is 94.9 cm³/mol. The Balaban J connectivity index is 0.00000288. The van der Waals surface area contributed by atoms with E-state index in [1.165, 1.54) is 0 Å². The lowest BCUT2D eigenvalue weighted by Gasteiger charge is -2.23. The lowest BCUT2D eigenvalue weighted by molar-refractivity contribution is -0.126. The number of halogens is 1. The van der Waals surface area contributed by atoms with Crippen molar-refractivity contribution in [2.45, 2.75) is 25.9 Å². The standard InChI is InChI=1S/C17H26N2O4.ClH/c1-13-4-5-14(16(10-13)23-8-3-7-21-2)11-19-17(20)15-12-22-9-6-18-15;/h4-5,10,15,18H,3,6-9,11-12H2,1-2H3,(H,19,20);1H. The van der Waals surface area contributed by atoms with Crippen LogP contribution >= 0.6 is 12.4 Å². The van der Waals surface area contributed by atoms with Crippen molar-refractivity contribution < 1.29 is 19.0 Å². The highest BCUT2D eigenvalue weighted by atomic mass is 35.5. The topological polar surface area (TPSA) is 68.8 Å². The maximum Gasteiger partial charge on any atom is 0.239 e. The molecule has 0 saturated carbocycles. The number of hydrogen-bond acceptors (Lipinski definition) is 5. The van der Waals surface area contributed by atoms with Gasteiger partial charge in [-0.1, -0.05) is 12.1 Å². The maximum absolute atomic E-state index is 12.1. The van der Waals surface area contributed by atoms with Crippen LogP contribution in [0.1, 0.15) is 17.5 Å². The molecule has 1 unspecified atom stereocenters. The molecule has 2 rings (SSSR count). The lowest BCUT2D eigenvalue weighted by atomic mass is 10.1. The molecule has 1 atom stereocenters. The summed E-state index contributed by atoms with van der Waals surface area (Å²) in [7, 11) is 1.68. The predicted octanol–water partition coefficient (Wildman–Crippen LogP) is 1.44. The van der Waals surface area contributed by atoms with Crippen LogP contribution in [0.15, 0.2) is 18.2 Å². The van der Waals surface area contributed by atoms with Crippen LogP contribution in [0.4, 0.5) is 0 Å². The highest BCUT2D eigenvalue weighted by Crippen LogP contribution is 2.20. The van der Waals surface area contributed by atoms with Gasteiger partial charge in [-0.25, -0.2) is 0 Å². The highest BCUT2D eigenvalue weighted by Gasteiger charge is 2.21. The van der Waals surface area contributed by atoms with Gasteiger partial charge in [0.1, 0.15) is 11.8 Å². The van der Waals surface area contributed by atoms with E-state index in [4.69, 9.17) is 14.2 Å². The number of hydrogen-bond donors (Lipinski definition) is 2. The van der Waals surface area contributed by atoms with Crippen molar-refractivity contribution in [3.05, 3.63) is 29.3 Å². The first-order valence-corrected chi connectivity index (χ1v) is 8.01. The van der Waals surface area contributed by atoms with E-state index in [-0.39, 0.29) is 24.4 Å². The van der Waals surface area contributed by atoms with Gasteiger partial charge in [0, 0.05) is 38.8 Å². The minimum atomic E-state index is -0.278. The molecule has 2 N–H and O–H groups in total. The molecular formula is C17H27ClN2O4. The Labute approximate surface area is 149 Å². The number of methoxy groups -OCH3 is 1. The van der Waals surface area contributed by atoms with Gasteiger partial charge in [0.05, 0.1) is 19.8 Å². The van der Waals surface area contributed by atoms with Crippen LogP contribution in [-0.2, 0) is 20.8 Å². The van der Waals surface area contributed by atoms with E-state index >= 15 is 0 Å². The number of rotatable bonds is 8. The molecule has 1 saturated heterocycles. The summed E-state index contributed by atoms with van der Waals surface area (Å²) in [5.74, 6) is 0.768. The molecule has 136 valence electrons. The molecule has 24 heavy (non-hydrogen) atoms. The van der Waals surface area contributed by atoms with Gasteiger partial charge in [-0.05, 0) is 18.6 Å². The van der Waals surface area contributed by atoms with E-state index in [0.29, 0.717) is 39.5 Å². The highest BCUT2D eigenvalue weighted by molar-refractivity contribution is 5.85. The molecule has 1 aliphatic rings. The molecule has 1 amide bonds. The Morgan fingerprint density at radius 3 is 2.96 bits per heavy atom. The van der Waals surface area contributed by atoms with Crippen LogP contribution in [0.25, 0.3) is 0 Å². The second kappa shape index (κ2) is 11.3. The number of amides is 1. The Morgan fingerprint density at radius 1 is 1.42 bits per heavy atom. The summed E-state index contributed by atoms with van der Waals surface area (Å²) in [6, 6.07) is 5.73. The minimum absolute atomic E-state index is 0. The van der Waals surface area contributed by atoms with Gasteiger partial charge in [0.2, 0.25) is 5.91 Å². The molecule has 0 aliphatic carbocycles. The second-order valence-corrected chi connectivity index (χ2v) is 5.61. The molecule has 1 aliphatic heterocycles. The molecule has 0 bridgehead atoms. The van der Waals surface area contributed by atoms with Crippen molar-refractivity contribution in [1.29, 1.82) is 0 Å². The number of nitrogens with one attached hydrogen (secondary N) is 2. The molecule has 0 spiro atoms. The number of carbonyl (C=O) groups is 1.